The van der Waals surface area contributed by atoms with E-state index in [1.165, 1.54) is 12.8 Å². The molecule has 3 rings (SSSR count). The molecule has 0 aromatic heterocycles. The second-order valence-corrected chi connectivity index (χ2v) is 6.54. The van der Waals surface area contributed by atoms with E-state index in [1.807, 2.05) is 54.6 Å². The summed E-state index contributed by atoms with van der Waals surface area (Å²) in [5.41, 5.74) is 6.89. The summed E-state index contributed by atoms with van der Waals surface area (Å²) in [4.78, 5) is 6.85. The summed E-state index contributed by atoms with van der Waals surface area (Å²) in [6.45, 7) is 2.87. The number of anilines is 1. The Hall–Kier alpha value is -1.80. The number of hydrogen-bond acceptors (Lipinski definition) is 3. The molecule has 1 aliphatic rings. The summed E-state index contributed by atoms with van der Waals surface area (Å²) in [5, 5.41) is 3.14. The maximum atomic E-state index is 6.03. The number of nitrogens with two attached hydrogens (primary N) is 1. The molecule has 2 aromatic carbocycles. The van der Waals surface area contributed by atoms with E-state index in [0.29, 0.717) is 18.5 Å². The van der Waals surface area contributed by atoms with E-state index in [-0.39, 0.29) is 24.0 Å². The van der Waals surface area contributed by atoms with Gasteiger partial charge in [0, 0.05) is 23.8 Å². The number of halogens is 1. The van der Waals surface area contributed by atoms with Gasteiger partial charge in [0.2, 0.25) is 0 Å². The number of ether oxygens (including phenoxy) is 1. The Morgan fingerprint density at radius 1 is 1.19 bits per heavy atom. The van der Waals surface area contributed by atoms with Gasteiger partial charge in [0.05, 0.1) is 6.54 Å². The summed E-state index contributed by atoms with van der Waals surface area (Å²) in [7, 11) is 2.16. The van der Waals surface area contributed by atoms with Crippen LogP contribution in [-0.2, 0) is 0 Å². The molecule has 1 fully saturated rings. The SMILES string of the molecule is CC(CN=C(N)Nc1cccc(Oc2ccccc2)c1)N(C)C1CC1.I. The van der Waals surface area contributed by atoms with Crippen molar-refractivity contribution in [3.63, 3.8) is 0 Å². The number of likely N-dealkylation sites (N-methyl/N-ethyl adjacent to an activating group) is 1. The van der Waals surface area contributed by atoms with Crippen molar-refractivity contribution in [1.29, 1.82) is 0 Å². The molecule has 1 saturated carbocycles. The molecule has 0 heterocycles. The van der Waals surface area contributed by atoms with Crippen molar-refractivity contribution in [1.82, 2.24) is 4.90 Å². The average Bonchev–Trinajstić information content (AvgIpc) is 3.45. The summed E-state index contributed by atoms with van der Waals surface area (Å²) in [6, 6.07) is 18.5. The standard InChI is InChI=1S/C20H26N4O.HI/c1-15(24(2)17-11-12-17)14-22-20(21)23-16-7-6-10-19(13-16)25-18-8-4-3-5-9-18;/h3-10,13,15,17H,11-12,14H2,1-2H3,(H3,21,22,23);1H. The second-order valence-electron chi connectivity index (χ2n) is 6.54. The zero-order chi connectivity index (χ0) is 17.6. The first-order chi connectivity index (χ1) is 12.1. The number of guanidine groups is 1. The first kappa shape index (κ1) is 20.5. The monoisotopic (exact) mass is 466 g/mol. The molecule has 2 aromatic rings. The van der Waals surface area contributed by atoms with Crippen molar-refractivity contribution in [3.8, 4) is 11.5 Å². The number of para-hydroxylation sites is 1. The van der Waals surface area contributed by atoms with Crippen molar-refractivity contribution in [2.75, 3.05) is 18.9 Å². The molecule has 1 unspecified atom stereocenters. The van der Waals surface area contributed by atoms with Gasteiger partial charge in [-0.15, -0.1) is 24.0 Å². The number of hydrogen-bond donors (Lipinski definition) is 2. The number of nitrogens with one attached hydrogen (secondary N) is 1. The van der Waals surface area contributed by atoms with Crippen LogP contribution >= 0.6 is 24.0 Å². The second kappa shape index (κ2) is 9.78. The molecule has 26 heavy (non-hydrogen) atoms. The smallest absolute Gasteiger partial charge is 0.193 e. The lowest BCUT2D eigenvalue weighted by Crippen LogP contribution is -2.34. The molecule has 0 amide bonds. The highest BCUT2D eigenvalue weighted by molar-refractivity contribution is 14.0. The molecule has 1 aliphatic carbocycles. The molecule has 0 saturated heterocycles. The third kappa shape index (κ3) is 6.17. The van der Waals surface area contributed by atoms with Gasteiger partial charge in [-0.25, -0.2) is 0 Å². The van der Waals surface area contributed by atoms with Gasteiger partial charge in [0.15, 0.2) is 5.96 Å². The van der Waals surface area contributed by atoms with E-state index in [9.17, 15) is 0 Å². The van der Waals surface area contributed by atoms with Crippen LogP contribution in [0.5, 0.6) is 11.5 Å². The molecule has 0 bridgehead atoms. The molecule has 1 atom stereocenters. The van der Waals surface area contributed by atoms with Gasteiger partial charge in [-0.1, -0.05) is 24.3 Å². The number of aliphatic imine (C=N–C) groups is 1. The van der Waals surface area contributed by atoms with Crippen molar-refractivity contribution < 1.29 is 4.74 Å². The van der Waals surface area contributed by atoms with Gasteiger partial charge in [0.1, 0.15) is 11.5 Å². The lowest BCUT2D eigenvalue weighted by atomic mass is 10.3. The van der Waals surface area contributed by atoms with Crippen LogP contribution in [0.15, 0.2) is 59.6 Å². The Bertz CT molecular complexity index is 719. The highest BCUT2D eigenvalue weighted by Gasteiger charge is 2.28. The molecule has 0 spiro atoms. The van der Waals surface area contributed by atoms with Crippen LogP contribution in [0.25, 0.3) is 0 Å². The molecule has 0 radical (unpaired) electrons. The van der Waals surface area contributed by atoms with E-state index in [4.69, 9.17) is 10.5 Å². The Balaban J connectivity index is 0.00000243. The van der Waals surface area contributed by atoms with Crippen LogP contribution in [-0.4, -0.2) is 36.5 Å². The molecular formula is C20H27IN4O. The van der Waals surface area contributed by atoms with E-state index in [2.05, 4.69) is 29.2 Å². The minimum absolute atomic E-state index is 0. The van der Waals surface area contributed by atoms with Crippen LogP contribution in [0.3, 0.4) is 0 Å². The van der Waals surface area contributed by atoms with Gasteiger partial charge >= 0.3 is 0 Å². The predicted octanol–water partition coefficient (Wildman–Crippen LogP) is 4.31. The van der Waals surface area contributed by atoms with E-state index in [1.54, 1.807) is 0 Å². The van der Waals surface area contributed by atoms with Crippen LogP contribution in [0.1, 0.15) is 19.8 Å². The Morgan fingerprint density at radius 3 is 2.58 bits per heavy atom. The normalized spacial score (nSPS) is 15.3. The maximum Gasteiger partial charge on any atom is 0.193 e. The Kier molecular flexibility index (Phi) is 7.71. The fourth-order valence-corrected chi connectivity index (χ4v) is 2.65. The van der Waals surface area contributed by atoms with Gasteiger partial charge in [-0.2, -0.15) is 0 Å². The van der Waals surface area contributed by atoms with Crippen LogP contribution < -0.4 is 15.8 Å². The van der Waals surface area contributed by atoms with Crippen molar-refractivity contribution in [3.05, 3.63) is 54.6 Å². The molecule has 0 aliphatic heterocycles. The quantitative estimate of drug-likeness (QED) is 0.363. The summed E-state index contributed by atoms with van der Waals surface area (Å²) >= 11 is 0. The first-order valence-corrected chi connectivity index (χ1v) is 8.73. The predicted molar refractivity (Wildman–Crippen MR) is 119 cm³/mol. The van der Waals surface area contributed by atoms with Crippen molar-refractivity contribution in [2.24, 2.45) is 10.7 Å². The lowest BCUT2D eigenvalue weighted by molar-refractivity contribution is 0.253. The number of rotatable bonds is 7. The third-order valence-corrected chi connectivity index (χ3v) is 4.43. The summed E-state index contributed by atoms with van der Waals surface area (Å²) in [6.07, 6.45) is 2.60. The van der Waals surface area contributed by atoms with Gasteiger partial charge in [-0.3, -0.25) is 9.89 Å². The largest absolute Gasteiger partial charge is 0.457 e. The van der Waals surface area contributed by atoms with Crippen LogP contribution in [0, 0.1) is 0 Å². The van der Waals surface area contributed by atoms with Crippen LogP contribution in [0.2, 0.25) is 0 Å². The fraction of sp³-hybridized carbons (Fsp3) is 0.350. The van der Waals surface area contributed by atoms with Gasteiger partial charge in [0.25, 0.3) is 0 Å². The highest BCUT2D eigenvalue weighted by atomic mass is 127. The van der Waals surface area contributed by atoms with Gasteiger partial charge in [-0.05, 0) is 51.1 Å². The molecule has 140 valence electrons. The molecular weight excluding hydrogens is 439 g/mol. The summed E-state index contributed by atoms with van der Waals surface area (Å²) in [5.74, 6) is 1.98. The third-order valence-electron chi connectivity index (χ3n) is 4.43. The minimum Gasteiger partial charge on any atom is -0.457 e. The fourth-order valence-electron chi connectivity index (χ4n) is 2.65. The van der Waals surface area contributed by atoms with E-state index >= 15 is 0 Å². The number of nitrogens with zero attached hydrogens (tertiary/aromatic N) is 2. The maximum absolute atomic E-state index is 6.03. The topological polar surface area (TPSA) is 62.9 Å². The minimum atomic E-state index is 0. The highest BCUT2D eigenvalue weighted by Crippen LogP contribution is 2.27. The van der Waals surface area contributed by atoms with Crippen molar-refractivity contribution >= 4 is 35.6 Å². The average molecular weight is 466 g/mol. The molecule has 3 N–H and O–H groups in total. The first-order valence-electron chi connectivity index (χ1n) is 8.73. The van der Waals surface area contributed by atoms with Gasteiger partial charge < -0.3 is 15.8 Å². The lowest BCUT2D eigenvalue weighted by Gasteiger charge is -2.22. The summed E-state index contributed by atoms with van der Waals surface area (Å²) < 4.78 is 5.84. The zero-order valence-electron chi connectivity index (χ0n) is 15.3. The van der Waals surface area contributed by atoms with Crippen LogP contribution in [0.4, 0.5) is 5.69 Å². The van der Waals surface area contributed by atoms with E-state index in [0.717, 1.165) is 23.2 Å². The Labute approximate surface area is 172 Å². The molecule has 6 heteroatoms. The zero-order valence-corrected chi connectivity index (χ0v) is 17.6. The molecule has 5 nitrogen and oxygen atoms in total. The Morgan fingerprint density at radius 2 is 1.88 bits per heavy atom. The van der Waals surface area contributed by atoms with E-state index < -0.39 is 0 Å². The van der Waals surface area contributed by atoms with Crippen molar-refractivity contribution in [2.45, 2.75) is 31.8 Å². The number of benzene rings is 2.